The summed E-state index contributed by atoms with van der Waals surface area (Å²) in [4.78, 5) is 17.8. The van der Waals surface area contributed by atoms with Crippen molar-refractivity contribution in [1.29, 1.82) is 0 Å². The first kappa shape index (κ1) is 24.0. The SMILES string of the molecule is O=C(N[C@H](CCC1CCCCC1)C(=S)Nc1ccc(Oc2ccccc2)nc1)[C@@H]1CSCN1. The number of carbonyl (C=O) groups is 1. The number of thiocarbonyl (C=S) groups is 1. The lowest BCUT2D eigenvalue weighted by atomic mass is 9.85. The maximum atomic E-state index is 12.8. The molecule has 1 saturated heterocycles. The van der Waals surface area contributed by atoms with Gasteiger partial charge >= 0.3 is 0 Å². The minimum absolute atomic E-state index is 0.0301. The Morgan fingerprint density at radius 3 is 2.70 bits per heavy atom. The summed E-state index contributed by atoms with van der Waals surface area (Å²) < 4.78 is 5.76. The number of benzene rings is 1. The van der Waals surface area contributed by atoms with Crippen LogP contribution in [0.25, 0.3) is 0 Å². The fourth-order valence-corrected chi connectivity index (χ4v) is 5.57. The van der Waals surface area contributed by atoms with Crippen LogP contribution in [0.2, 0.25) is 0 Å². The number of carbonyl (C=O) groups excluding carboxylic acids is 1. The Kier molecular flexibility index (Phi) is 8.97. The van der Waals surface area contributed by atoms with E-state index in [1.165, 1.54) is 32.1 Å². The summed E-state index contributed by atoms with van der Waals surface area (Å²) in [5.74, 6) is 3.64. The van der Waals surface area contributed by atoms with Crippen LogP contribution in [0.3, 0.4) is 0 Å². The molecule has 0 unspecified atom stereocenters. The predicted molar refractivity (Wildman–Crippen MR) is 139 cm³/mol. The van der Waals surface area contributed by atoms with Gasteiger partial charge in [-0.05, 0) is 37.0 Å². The molecule has 1 aromatic heterocycles. The smallest absolute Gasteiger partial charge is 0.238 e. The number of hydrogen-bond acceptors (Lipinski definition) is 6. The van der Waals surface area contributed by atoms with E-state index < -0.39 is 0 Å². The molecule has 176 valence electrons. The van der Waals surface area contributed by atoms with E-state index in [0.29, 0.717) is 10.9 Å². The topological polar surface area (TPSA) is 75.3 Å². The molecule has 1 saturated carbocycles. The summed E-state index contributed by atoms with van der Waals surface area (Å²) in [6, 6.07) is 12.9. The first-order valence-electron chi connectivity index (χ1n) is 11.8. The third-order valence-corrected chi connectivity index (χ3v) is 7.55. The van der Waals surface area contributed by atoms with E-state index >= 15 is 0 Å². The van der Waals surface area contributed by atoms with Crippen LogP contribution >= 0.6 is 24.0 Å². The zero-order valence-electron chi connectivity index (χ0n) is 18.8. The van der Waals surface area contributed by atoms with Gasteiger partial charge in [0.15, 0.2) is 0 Å². The van der Waals surface area contributed by atoms with E-state index in [4.69, 9.17) is 17.0 Å². The van der Waals surface area contributed by atoms with Crippen LogP contribution in [0.1, 0.15) is 44.9 Å². The van der Waals surface area contributed by atoms with Crippen LogP contribution in [-0.4, -0.2) is 39.6 Å². The maximum absolute atomic E-state index is 12.8. The highest BCUT2D eigenvalue weighted by atomic mass is 32.2. The van der Waals surface area contributed by atoms with Gasteiger partial charge in [0, 0.05) is 17.7 Å². The van der Waals surface area contributed by atoms with Crippen LogP contribution < -0.4 is 20.7 Å². The molecule has 6 nitrogen and oxygen atoms in total. The van der Waals surface area contributed by atoms with Crippen molar-refractivity contribution in [3.8, 4) is 11.6 Å². The molecule has 8 heteroatoms. The lowest BCUT2D eigenvalue weighted by Crippen LogP contribution is -2.50. The third kappa shape index (κ3) is 7.42. The van der Waals surface area contributed by atoms with Gasteiger partial charge in [0.05, 0.1) is 24.0 Å². The maximum Gasteiger partial charge on any atom is 0.238 e. The zero-order chi connectivity index (χ0) is 22.9. The van der Waals surface area contributed by atoms with E-state index in [1.54, 1.807) is 18.0 Å². The zero-order valence-corrected chi connectivity index (χ0v) is 20.4. The molecule has 3 N–H and O–H groups in total. The molecule has 1 aliphatic carbocycles. The van der Waals surface area contributed by atoms with E-state index in [2.05, 4.69) is 20.9 Å². The third-order valence-electron chi connectivity index (χ3n) is 6.22. The first-order chi connectivity index (χ1) is 16.2. The lowest BCUT2D eigenvalue weighted by Gasteiger charge is -2.26. The summed E-state index contributed by atoms with van der Waals surface area (Å²) in [5.41, 5.74) is 0.784. The number of para-hydroxylation sites is 1. The Bertz CT molecular complexity index is 898. The van der Waals surface area contributed by atoms with Crippen LogP contribution in [0.15, 0.2) is 48.7 Å². The molecule has 33 heavy (non-hydrogen) atoms. The van der Waals surface area contributed by atoms with Gasteiger partial charge in [-0.3, -0.25) is 10.1 Å². The van der Waals surface area contributed by atoms with Crippen LogP contribution in [0.4, 0.5) is 5.69 Å². The second-order valence-corrected chi connectivity index (χ2v) is 10.2. The van der Waals surface area contributed by atoms with Crippen molar-refractivity contribution in [2.75, 3.05) is 16.9 Å². The Balaban J connectivity index is 1.36. The monoisotopic (exact) mass is 484 g/mol. The van der Waals surface area contributed by atoms with Crippen molar-refractivity contribution >= 4 is 40.6 Å². The van der Waals surface area contributed by atoms with Gasteiger partial charge in [-0.25, -0.2) is 4.98 Å². The van der Waals surface area contributed by atoms with Gasteiger partial charge < -0.3 is 15.4 Å². The highest BCUT2D eigenvalue weighted by Gasteiger charge is 2.27. The second-order valence-electron chi connectivity index (χ2n) is 8.70. The molecule has 4 rings (SSSR count). The highest BCUT2D eigenvalue weighted by molar-refractivity contribution is 7.99. The Hall–Kier alpha value is -2.16. The number of nitrogens with one attached hydrogen (secondary N) is 3. The van der Waals surface area contributed by atoms with Crippen LogP contribution in [-0.2, 0) is 4.79 Å². The highest BCUT2D eigenvalue weighted by Crippen LogP contribution is 2.28. The van der Waals surface area contributed by atoms with Crippen molar-refractivity contribution in [3.05, 3.63) is 48.7 Å². The van der Waals surface area contributed by atoms with E-state index in [0.717, 1.165) is 41.8 Å². The van der Waals surface area contributed by atoms with E-state index in [1.807, 2.05) is 42.5 Å². The average Bonchev–Trinajstić information content (AvgIpc) is 3.39. The molecule has 0 bridgehead atoms. The number of aromatic nitrogens is 1. The quantitative estimate of drug-likeness (QED) is 0.427. The Labute approximate surface area is 205 Å². The molecule has 0 radical (unpaired) electrons. The van der Waals surface area contributed by atoms with Crippen molar-refractivity contribution in [2.45, 2.75) is 57.0 Å². The molecular weight excluding hydrogens is 452 g/mol. The number of thioether (sulfide) groups is 1. The first-order valence-corrected chi connectivity index (χ1v) is 13.3. The van der Waals surface area contributed by atoms with Gasteiger partial charge in [-0.1, -0.05) is 62.5 Å². The standard InChI is InChI=1S/C25H32N4O2S2/c30-24(22-16-33-17-27-22)29-21(13-11-18-7-3-1-4-8-18)25(32)28-19-12-14-23(26-15-19)31-20-9-5-2-6-10-20/h2,5-6,9-10,12,14-15,18,21-22,27H,1,3-4,7-8,11,13,16-17H2,(H,28,32)(H,29,30)/t21-,22+/m1/s1. The molecule has 0 spiro atoms. The number of ether oxygens (including phenoxy) is 1. The summed E-state index contributed by atoms with van der Waals surface area (Å²) in [7, 11) is 0. The molecule has 1 amide bonds. The minimum Gasteiger partial charge on any atom is -0.439 e. The number of amides is 1. The summed E-state index contributed by atoms with van der Waals surface area (Å²) in [5, 5.41) is 9.73. The Morgan fingerprint density at radius 2 is 2.00 bits per heavy atom. The van der Waals surface area contributed by atoms with Crippen molar-refractivity contribution in [1.82, 2.24) is 15.6 Å². The van der Waals surface area contributed by atoms with Crippen molar-refractivity contribution < 1.29 is 9.53 Å². The normalized spacial score (nSPS) is 19.6. The summed E-state index contributed by atoms with van der Waals surface area (Å²) in [6.07, 6.45) is 10.2. The molecule has 2 atom stereocenters. The summed E-state index contributed by atoms with van der Waals surface area (Å²) >= 11 is 7.49. The second kappa shape index (κ2) is 12.3. The predicted octanol–water partition coefficient (Wildman–Crippen LogP) is 5.12. The van der Waals surface area contributed by atoms with Gasteiger partial charge in [0.2, 0.25) is 11.8 Å². The van der Waals surface area contributed by atoms with E-state index in [9.17, 15) is 4.79 Å². The minimum atomic E-state index is -0.193. The molecule has 2 aliphatic rings. The van der Waals surface area contributed by atoms with Crippen molar-refractivity contribution in [3.63, 3.8) is 0 Å². The number of nitrogens with zero attached hydrogens (tertiary/aromatic N) is 1. The number of hydrogen-bond donors (Lipinski definition) is 3. The van der Waals surface area contributed by atoms with Gasteiger partial charge in [-0.2, -0.15) is 0 Å². The van der Waals surface area contributed by atoms with E-state index in [-0.39, 0.29) is 18.0 Å². The number of pyridine rings is 1. The molecule has 2 heterocycles. The summed E-state index contributed by atoms with van der Waals surface area (Å²) in [6.45, 7) is 0. The molecule has 2 aromatic rings. The van der Waals surface area contributed by atoms with Gasteiger partial charge in [0.1, 0.15) is 10.7 Å². The fraction of sp³-hybridized carbons (Fsp3) is 0.480. The molecular formula is C25H32N4O2S2. The average molecular weight is 485 g/mol. The Morgan fingerprint density at radius 1 is 1.18 bits per heavy atom. The van der Waals surface area contributed by atoms with Gasteiger partial charge in [0.25, 0.3) is 0 Å². The number of rotatable bonds is 9. The van der Waals surface area contributed by atoms with Crippen LogP contribution in [0, 0.1) is 5.92 Å². The molecule has 2 fully saturated rings. The largest absolute Gasteiger partial charge is 0.439 e. The number of anilines is 1. The fourth-order valence-electron chi connectivity index (χ4n) is 4.34. The molecule has 1 aliphatic heterocycles. The molecule has 1 aromatic carbocycles. The van der Waals surface area contributed by atoms with Gasteiger partial charge in [-0.15, -0.1) is 11.8 Å². The lowest BCUT2D eigenvalue weighted by molar-refractivity contribution is -0.122. The van der Waals surface area contributed by atoms with Crippen molar-refractivity contribution in [2.24, 2.45) is 5.92 Å². The van der Waals surface area contributed by atoms with Crippen LogP contribution in [0.5, 0.6) is 11.6 Å².